The summed E-state index contributed by atoms with van der Waals surface area (Å²) in [5.74, 6) is 1.59. The van der Waals surface area contributed by atoms with Gasteiger partial charge in [-0.05, 0) is 73.9 Å². The lowest BCUT2D eigenvalue weighted by Crippen LogP contribution is -3.00. The third kappa shape index (κ3) is 5.58. The SMILES string of the molecule is CC(C)[C@@H]1CC[C@@H](C)CC1OC(=O)[C@@H](C)n1c(-c2ccc(C(F)(F)F)cc2)[n+](C)c2ccccc21.[I-]. The third-order valence-electron chi connectivity index (χ3n) is 7.48. The van der Waals surface area contributed by atoms with E-state index in [1.54, 1.807) is 6.92 Å². The van der Waals surface area contributed by atoms with Crippen LogP contribution in [-0.4, -0.2) is 16.6 Å². The number of halogens is 4. The molecule has 0 radical (unpaired) electrons. The molecule has 196 valence electrons. The standard InChI is InChI=1S/C28H34F3N2O2.HI/c1-17(2)22-15-10-18(3)16-25(22)35-27(34)19(4)33-24-9-7-6-8-23(24)32(5)26(33)20-11-13-21(14-12-20)28(29,30)31;/h6-9,11-14,17-19,22,25H,10,15-16H2,1-5H3;1H/q+1;/p-1/t18-,19-,22+,25?;/m1./s1. The number of aromatic nitrogens is 2. The Kier molecular flexibility index (Phi) is 8.78. The smallest absolute Gasteiger partial charge is 0.416 e. The normalized spacial score (nSPS) is 21.3. The van der Waals surface area contributed by atoms with Crippen LogP contribution in [0.2, 0.25) is 0 Å². The summed E-state index contributed by atoms with van der Waals surface area (Å²) >= 11 is 0. The molecule has 3 aromatic rings. The zero-order chi connectivity index (χ0) is 25.5. The first-order valence-corrected chi connectivity index (χ1v) is 12.4. The van der Waals surface area contributed by atoms with Crippen LogP contribution in [0.4, 0.5) is 13.2 Å². The Bertz CT molecular complexity index is 1200. The minimum atomic E-state index is -4.41. The summed E-state index contributed by atoms with van der Waals surface area (Å²) in [5.41, 5.74) is 1.60. The molecule has 1 fully saturated rings. The minimum absolute atomic E-state index is 0. The van der Waals surface area contributed by atoms with Gasteiger partial charge in [-0.15, -0.1) is 0 Å². The number of imidazole rings is 1. The molecular weight excluding hydrogens is 580 g/mol. The maximum atomic E-state index is 13.5. The van der Waals surface area contributed by atoms with Crippen molar-refractivity contribution in [1.29, 1.82) is 0 Å². The Hall–Kier alpha value is -2.10. The van der Waals surface area contributed by atoms with Crippen LogP contribution >= 0.6 is 0 Å². The predicted molar refractivity (Wildman–Crippen MR) is 129 cm³/mol. The second-order valence-corrected chi connectivity index (χ2v) is 10.3. The van der Waals surface area contributed by atoms with Crippen LogP contribution in [0.25, 0.3) is 22.4 Å². The van der Waals surface area contributed by atoms with Gasteiger partial charge >= 0.3 is 12.1 Å². The Morgan fingerprint density at radius 2 is 1.69 bits per heavy atom. The van der Waals surface area contributed by atoms with Gasteiger partial charge in [-0.3, -0.25) is 0 Å². The Balaban J connectivity index is 0.00000361. The van der Waals surface area contributed by atoms with Crippen molar-refractivity contribution in [1.82, 2.24) is 4.57 Å². The highest BCUT2D eigenvalue weighted by atomic mass is 127. The molecule has 0 spiro atoms. The summed E-state index contributed by atoms with van der Waals surface area (Å²) in [6.07, 6.45) is -1.49. The molecule has 0 bridgehead atoms. The fourth-order valence-corrected chi connectivity index (χ4v) is 5.48. The number of hydrogen-bond acceptors (Lipinski definition) is 2. The lowest BCUT2D eigenvalue weighted by molar-refractivity contribution is -0.634. The van der Waals surface area contributed by atoms with Crippen LogP contribution in [0.1, 0.15) is 58.6 Å². The number of nitrogens with zero attached hydrogens (tertiary/aromatic N) is 2. The van der Waals surface area contributed by atoms with Gasteiger partial charge in [-0.25, -0.2) is 13.9 Å². The fourth-order valence-electron chi connectivity index (χ4n) is 5.48. The molecule has 1 aliphatic rings. The number of carbonyl (C=O) groups excluding carboxylic acids is 1. The van der Waals surface area contributed by atoms with E-state index < -0.39 is 17.8 Å². The zero-order valence-electron chi connectivity index (χ0n) is 21.3. The number of para-hydroxylation sites is 2. The summed E-state index contributed by atoms with van der Waals surface area (Å²) in [4.78, 5) is 13.5. The fraction of sp³-hybridized carbons (Fsp3) is 0.500. The van der Waals surface area contributed by atoms with Gasteiger partial charge < -0.3 is 28.7 Å². The predicted octanol–water partition coefficient (Wildman–Crippen LogP) is 3.72. The van der Waals surface area contributed by atoms with Crippen molar-refractivity contribution in [3.8, 4) is 11.4 Å². The van der Waals surface area contributed by atoms with Crippen molar-refractivity contribution in [2.45, 2.75) is 65.3 Å². The average molecular weight is 614 g/mol. The number of hydrogen-bond donors (Lipinski definition) is 0. The monoisotopic (exact) mass is 614 g/mol. The first kappa shape index (κ1) is 28.5. The first-order chi connectivity index (χ1) is 16.5. The molecule has 0 amide bonds. The lowest BCUT2D eigenvalue weighted by atomic mass is 9.75. The van der Waals surface area contributed by atoms with Gasteiger partial charge in [0.25, 0.3) is 5.82 Å². The Labute approximate surface area is 227 Å². The number of carbonyl (C=O) groups is 1. The topological polar surface area (TPSA) is 35.1 Å². The second kappa shape index (κ2) is 11.1. The summed E-state index contributed by atoms with van der Waals surface area (Å²) in [6, 6.07) is 12.1. The van der Waals surface area contributed by atoms with Gasteiger partial charge in [-0.2, -0.15) is 13.2 Å². The van der Waals surface area contributed by atoms with Gasteiger partial charge in [0.15, 0.2) is 17.1 Å². The van der Waals surface area contributed by atoms with Crippen molar-refractivity contribution in [2.75, 3.05) is 0 Å². The number of rotatable bonds is 5. The van der Waals surface area contributed by atoms with Gasteiger partial charge in [0.2, 0.25) is 0 Å². The number of aryl methyl sites for hydroxylation is 1. The van der Waals surface area contributed by atoms with Gasteiger partial charge in [0.1, 0.15) is 6.10 Å². The molecule has 36 heavy (non-hydrogen) atoms. The van der Waals surface area contributed by atoms with E-state index in [2.05, 4.69) is 20.8 Å². The van der Waals surface area contributed by atoms with Crippen LogP contribution in [0.5, 0.6) is 0 Å². The number of alkyl halides is 3. The Morgan fingerprint density at radius 1 is 1.06 bits per heavy atom. The average Bonchev–Trinajstić information content (AvgIpc) is 3.10. The van der Waals surface area contributed by atoms with E-state index >= 15 is 0 Å². The molecule has 2 aromatic carbocycles. The van der Waals surface area contributed by atoms with Gasteiger partial charge in [0, 0.05) is 0 Å². The zero-order valence-corrected chi connectivity index (χ0v) is 23.5. The molecule has 8 heteroatoms. The van der Waals surface area contributed by atoms with Gasteiger partial charge in [-0.1, -0.05) is 39.3 Å². The highest BCUT2D eigenvalue weighted by molar-refractivity contribution is 5.82. The van der Waals surface area contributed by atoms with Gasteiger partial charge in [0.05, 0.1) is 18.2 Å². The van der Waals surface area contributed by atoms with Crippen molar-refractivity contribution < 1.29 is 51.2 Å². The van der Waals surface area contributed by atoms with E-state index in [1.165, 1.54) is 12.1 Å². The van der Waals surface area contributed by atoms with E-state index in [0.717, 1.165) is 42.4 Å². The molecule has 4 atom stereocenters. The molecule has 1 aromatic heterocycles. The number of benzene rings is 2. The van der Waals surface area contributed by atoms with E-state index in [0.29, 0.717) is 29.1 Å². The van der Waals surface area contributed by atoms with Crippen LogP contribution in [-0.2, 0) is 22.8 Å². The highest BCUT2D eigenvalue weighted by Crippen LogP contribution is 2.37. The quantitative estimate of drug-likeness (QED) is 0.250. The Morgan fingerprint density at radius 3 is 2.31 bits per heavy atom. The molecule has 0 saturated heterocycles. The molecule has 4 rings (SSSR count). The molecule has 1 aliphatic carbocycles. The molecule has 1 heterocycles. The largest absolute Gasteiger partial charge is 1.00 e. The van der Waals surface area contributed by atoms with Crippen LogP contribution < -0.4 is 28.5 Å². The highest BCUT2D eigenvalue weighted by Gasteiger charge is 2.38. The molecular formula is C28H34F3IN2O2. The van der Waals surface area contributed by atoms with E-state index in [1.807, 2.05) is 40.4 Å². The molecule has 4 nitrogen and oxygen atoms in total. The van der Waals surface area contributed by atoms with E-state index in [9.17, 15) is 18.0 Å². The minimum Gasteiger partial charge on any atom is -1.00 e. The van der Waals surface area contributed by atoms with Crippen LogP contribution in [0.3, 0.4) is 0 Å². The number of ether oxygens (including phenoxy) is 1. The molecule has 0 aliphatic heterocycles. The first-order valence-electron chi connectivity index (χ1n) is 12.4. The van der Waals surface area contributed by atoms with E-state index in [-0.39, 0.29) is 36.0 Å². The summed E-state index contributed by atoms with van der Waals surface area (Å²) in [6.45, 7) is 8.35. The van der Waals surface area contributed by atoms with Crippen LogP contribution in [0.15, 0.2) is 48.5 Å². The van der Waals surface area contributed by atoms with Crippen molar-refractivity contribution in [2.24, 2.45) is 24.8 Å². The summed E-state index contributed by atoms with van der Waals surface area (Å²) in [7, 11) is 1.86. The van der Waals surface area contributed by atoms with Crippen LogP contribution in [0, 0.1) is 17.8 Å². The maximum absolute atomic E-state index is 13.5. The third-order valence-corrected chi connectivity index (χ3v) is 7.48. The second-order valence-electron chi connectivity index (χ2n) is 10.3. The van der Waals surface area contributed by atoms with Crippen molar-refractivity contribution in [3.05, 3.63) is 54.1 Å². The van der Waals surface area contributed by atoms with E-state index in [4.69, 9.17) is 4.74 Å². The number of esters is 1. The molecule has 1 unspecified atom stereocenters. The summed E-state index contributed by atoms with van der Waals surface area (Å²) in [5, 5.41) is 0. The lowest BCUT2D eigenvalue weighted by Gasteiger charge is -2.37. The molecule has 1 saturated carbocycles. The van der Waals surface area contributed by atoms with Crippen molar-refractivity contribution >= 4 is 17.0 Å². The molecule has 0 N–H and O–H groups in total. The number of fused-ring (bicyclic) bond motifs is 1. The maximum Gasteiger partial charge on any atom is 0.416 e. The summed E-state index contributed by atoms with van der Waals surface area (Å²) < 4.78 is 49.4. The van der Waals surface area contributed by atoms with Crippen molar-refractivity contribution in [3.63, 3.8) is 0 Å².